The SMILES string of the molecule is CCOc1cc(F)c(Cn2nc(-c3nc(N)nc(Nc4ccnnc4)n3)c(C)c2C2CC2)c(F)c1. The molecule has 3 N–H and O–H groups in total. The third-order valence-electron chi connectivity index (χ3n) is 5.64. The number of nitrogen functional groups attached to an aromatic ring is 1. The van der Waals surface area contributed by atoms with Crippen LogP contribution in [0.3, 0.4) is 0 Å². The van der Waals surface area contributed by atoms with Gasteiger partial charge >= 0.3 is 0 Å². The predicted molar refractivity (Wildman–Crippen MR) is 124 cm³/mol. The second kappa shape index (κ2) is 9.20. The van der Waals surface area contributed by atoms with Crippen LogP contribution in [0.25, 0.3) is 11.5 Å². The Bertz CT molecular complexity index is 1350. The number of anilines is 3. The van der Waals surface area contributed by atoms with Gasteiger partial charge in [0.2, 0.25) is 11.9 Å². The molecule has 1 aliphatic rings. The Morgan fingerprint density at radius 3 is 2.57 bits per heavy atom. The molecule has 0 radical (unpaired) electrons. The van der Waals surface area contributed by atoms with Gasteiger partial charge in [-0.05, 0) is 32.8 Å². The first-order chi connectivity index (χ1) is 16.9. The van der Waals surface area contributed by atoms with Crippen LogP contribution in [-0.4, -0.2) is 41.5 Å². The maximum absolute atomic E-state index is 14.8. The molecule has 4 aromatic rings. The zero-order valence-electron chi connectivity index (χ0n) is 19.2. The lowest BCUT2D eigenvalue weighted by molar-refractivity contribution is 0.335. The van der Waals surface area contributed by atoms with Gasteiger partial charge in [0.25, 0.3) is 0 Å². The maximum Gasteiger partial charge on any atom is 0.232 e. The van der Waals surface area contributed by atoms with Gasteiger partial charge < -0.3 is 15.8 Å². The molecule has 35 heavy (non-hydrogen) atoms. The van der Waals surface area contributed by atoms with Crippen LogP contribution in [0.4, 0.5) is 26.4 Å². The lowest BCUT2D eigenvalue weighted by Gasteiger charge is -2.11. The molecule has 5 rings (SSSR count). The fourth-order valence-corrected chi connectivity index (χ4v) is 3.95. The molecule has 1 aliphatic carbocycles. The molecule has 12 heteroatoms. The number of nitrogens with one attached hydrogen (secondary N) is 1. The van der Waals surface area contributed by atoms with Crippen molar-refractivity contribution in [1.82, 2.24) is 34.9 Å². The Morgan fingerprint density at radius 2 is 1.91 bits per heavy atom. The number of hydrogen-bond acceptors (Lipinski definition) is 9. The maximum atomic E-state index is 14.8. The van der Waals surface area contributed by atoms with Gasteiger partial charge in [-0.3, -0.25) is 4.68 Å². The monoisotopic (exact) mass is 479 g/mol. The minimum absolute atomic E-state index is 0.00467. The standard InChI is InChI=1S/C23H23F2N9O/c1-3-35-15-8-17(24)16(18(25)9-15)11-34-20(13-4-5-13)12(2)19(33-34)21-30-22(26)32-23(31-21)29-14-6-7-27-28-10-14/h6-10,13H,3-5,11H2,1-2H3,(H3,26,27,29,30,31,32). The summed E-state index contributed by atoms with van der Waals surface area (Å²) < 4.78 is 36.4. The Morgan fingerprint density at radius 1 is 1.14 bits per heavy atom. The molecule has 0 unspecified atom stereocenters. The van der Waals surface area contributed by atoms with Crippen LogP contribution < -0.4 is 15.8 Å². The molecule has 1 fully saturated rings. The topological polar surface area (TPSA) is 130 Å². The summed E-state index contributed by atoms with van der Waals surface area (Å²) in [7, 11) is 0. The molecule has 180 valence electrons. The van der Waals surface area contributed by atoms with Gasteiger partial charge in [-0.2, -0.15) is 30.2 Å². The molecule has 10 nitrogen and oxygen atoms in total. The fourth-order valence-electron chi connectivity index (χ4n) is 3.95. The van der Waals surface area contributed by atoms with Crippen molar-refractivity contribution in [2.24, 2.45) is 0 Å². The highest BCUT2D eigenvalue weighted by atomic mass is 19.1. The van der Waals surface area contributed by atoms with Crippen LogP contribution in [0.2, 0.25) is 0 Å². The van der Waals surface area contributed by atoms with Crippen LogP contribution in [0.1, 0.15) is 42.5 Å². The van der Waals surface area contributed by atoms with Gasteiger partial charge in [0, 0.05) is 34.9 Å². The highest BCUT2D eigenvalue weighted by Gasteiger charge is 2.32. The first-order valence-corrected chi connectivity index (χ1v) is 11.2. The van der Waals surface area contributed by atoms with E-state index in [4.69, 9.17) is 10.5 Å². The summed E-state index contributed by atoms with van der Waals surface area (Å²) in [5.74, 6) is -0.497. The molecule has 3 heterocycles. The van der Waals surface area contributed by atoms with Crippen LogP contribution >= 0.6 is 0 Å². The third-order valence-corrected chi connectivity index (χ3v) is 5.64. The summed E-state index contributed by atoms with van der Waals surface area (Å²) in [6, 6.07) is 4.08. The smallest absolute Gasteiger partial charge is 0.232 e. The molecule has 0 bridgehead atoms. The second-order valence-corrected chi connectivity index (χ2v) is 8.19. The second-order valence-electron chi connectivity index (χ2n) is 8.19. The predicted octanol–water partition coefficient (Wildman–Crippen LogP) is 3.76. The van der Waals surface area contributed by atoms with Gasteiger partial charge in [0.15, 0.2) is 5.82 Å². The van der Waals surface area contributed by atoms with Crippen LogP contribution in [-0.2, 0) is 6.54 Å². The highest BCUT2D eigenvalue weighted by molar-refractivity contribution is 5.61. The van der Waals surface area contributed by atoms with Crippen molar-refractivity contribution in [3.63, 3.8) is 0 Å². The van der Waals surface area contributed by atoms with Crippen molar-refractivity contribution in [2.75, 3.05) is 17.7 Å². The number of nitrogens with zero attached hydrogens (tertiary/aromatic N) is 7. The zero-order chi connectivity index (χ0) is 24.5. The van der Waals surface area contributed by atoms with E-state index in [1.807, 2.05) is 6.92 Å². The van der Waals surface area contributed by atoms with E-state index in [0.717, 1.165) is 24.1 Å². The summed E-state index contributed by atoms with van der Waals surface area (Å²) in [6.07, 6.45) is 4.99. The minimum Gasteiger partial charge on any atom is -0.494 e. The van der Waals surface area contributed by atoms with Crippen molar-refractivity contribution in [3.05, 3.63) is 59.0 Å². The lowest BCUT2D eigenvalue weighted by Crippen LogP contribution is -2.10. The zero-order valence-corrected chi connectivity index (χ0v) is 19.2. The van der Waals surface area contributed by atoms with Gasteiger partial charge in [0.1, 0.15) is 23.1 Å². The summed E-state index contributed by atoms with van der Waals surface area (Å²) >= 11 is 0. The molecule has 3 aromatic heterocycles. The fraction of sp³-hybridized carbons (Fsp3) is 0.304. The van der Waals surface area contributed by atoms with E-state index < -0.39 is 11.6 Å². The summed E-state index contributed by atoms with van der Waals surface area (Å²) in [4.78, 5) is 12.9. The van der Waals surface area contributed by atoms with E-state index >= 15 is 0 Å². The molecule has 0 amide bonds. The molecule has 0 saturated heterocycles. The van der Waals surface area contributed by atoms with Crippen molar-refractivity contribution in [1.29, 1.82) is 0 Å². The Kier molecular flexibility index (Phi) is 5.93. The van der Waals surface area contributed by atoms with Crippen LogP contribution in [0.5, 0.6) is 5.75 Å². The van der Waals surface area contributed by atoms with E-state index in [-0.39, 0.29) is 41.5 Å². The van der Waals surface area contributed by atoms with E-state index in [9.17, 15) is 8.78 Å². The number of rotatable bonds is 8. The number of halogens is 2. The van der Waals surface area contributed by atoms with Gasteiger partial charge in [-0.15, -0.1) is 0 Å². The van der Waals surface area contributed by atoms with Crippen LogP contribution in [0, 0.1) is 18.6 Å². The van der Waals surface area contributed by atoms with Crippen molar-refractivity contribution in [2.45, 2.75) is 39.2 Å². The number of ether oxygens (including phenoxy) is 1. The molecule has 0 atom stereocenters. The lowest BCUT2D eigenvalue weighted by atomic mass is 10.1. The number of nitrogens with two attached hydrogens (primary N) is 1. The van der Waals surface area contributed by atoms with E-state index in [1.54, 1.807) is 17.7 Å². The number of aromatic nitrogens is 7. The Balaban J connectivity index is 1.52. The summed E-state index contributed by atoms with van der Waals surface area (Å²) in [5.41, 5.74) is 8.69. The molecule has 1 aromatic carbocycles. The highest BCUT2D eigenvalue weighted by Crippen LogP contribution is 2.43. The quantitative estimate of drug-likeness (QED) is 0.388. The average molecular weight is 479 g/mol. The Labute approximate surface area is 199 Å². The number of benzene rings is 1. The third kappa shape index (κ3) is 4.72. The largest absolute Gasteiger partial charge is 0.494 e. The van der Waals surface area contributed by atoms with Crippen molar-refractivity contribution >= 4 is 17.6 Å². The molecule has 0 aliphatic heterocycles. The molecular formula is C23H23F2N9O. The van der Waals surface area contributed by atoms with Gasteiger partial charge in [-0.1, -0.05) is 0 Å². The first-order valence-electron chi connectivity index (χ1n) is 11.2. The summed E-state index contributed by atoms with van der Waals surface area (Å²) in [5, 5.41) is 15.2. The normalized spacial score (nSPS) is 13.1. The number of hydrogen-bond donors (Lipinski definition) is 2. The molecule has 0 spiro atoms. The molecular weight excluding hydrogens is 456 g/mol. The van der Waals surface area contributed by atoms with E-state index in [0.29, 0.717) is 18.0 Å². The average Bonchev–Trinajstić information content (AvgIpc) is 3.59. The van der Waals surface area contributed by atoms with E-state index in [2.05, 4.69) is 35.6 Å². The first kappa shape index (κ1) is 22.6. The Hall–Kier alpha value is -4.22. The van der Waals surface area contributed by atoms with Crippen molar-refractivity contribution in [3.8, 4) is 17.3 Å². The summed E-state index contributed by atoms with van der Waals surface area (Å²) in [6.45, 7) is 3.89. The van der Waals surface area contributed by atoms with Crippen LogP contribution in [0.15, 0.2) is 30.6 Å². The van der Waals surface area contributed by atoms with E-state index in [1.165, 1.54) is 24.5 Å². The van der Waals surface area contributed by atoms with Gasteiger partial charge in [-0.25, -0.2) is 8.78 Å². The molecule has 1 saturated carbocycles. The minimum atomic E-state index is -0.688. The van der Waals surface area contributed by atoms with Gasteiger partial charge in [0.05, 0.1) is 31.2 Å². The van der Waals surface area contributed by atoms with Crippen molar-refractivity contribution < 1.29 is 13.5 Å².